The van der Waals surface area contributed by atoms with E-state index in [1.165, 1.54) is 0 Å². The lowest BCUT2D eigenvalue weighted by molar-refractivity contribution is -0.145. The van der Waals surface area contributed by atoms with Gasteiger partial charge in [-0.1, -0.05) is 48.5 Å². The van der Waals surface area contributed by atoms with Crippen molar-refractivity contribution in [3.63, 3.8) is 0 Å². The Bertz CT molecular complexity index is 937. The summed E-state index contributed by atoms with van der Waals surface area (Å²) in [5.41, 5.74) is 0.880. The molecule has 3 unspecified atom stereocenters. The number of carboxylic acids is 1. The zero-order valence-corrected chi connectivity index (χ0v) is 14.4. The molecule has 2 aromatic carbocycles. The first-order valence-electron chi connectivity index (χ1n) is 7.75. The number of carboxylic acid groups (broad SMARTS) is 1. The third kappa shape index (κ3) is 3.51. The molecule has 0 radical (unpaired) electrons. The van der Waals surface area contributed by atoms with Gasteiger partial charge in [0.05, 0.1) is 5.66 Å². The van der Waals surface area contributed by atoms with Gasteiger partial charge in [0.1, 0.15) is 0 Å². The van der Waals surface area contributed by atoms with Crippen molar-refractivity contribution in [2.45, 2.75) is 18.7 Å². The molecule has 3 rings (SSSR count). The molecule has 0 aliphatic heterocycles. The van der Waals surface area contributed by atoms with E-state index in [0.717, 1.165) is 10.9 Å². The van der Waals surface area contributed by atoms with E-state index in [2.05, 4.69) is 4.98 Å². The number of fused-ring (bicyclic) bond motifs is 1. The molecule has 0 saturated carbocycles. The van der Waals surface area contributed by atoms with Gasteiger partial charge in [-0.2, -0.15) is 0 Å². The highest BCUT2D eigenvalue weighted by Gasteiger charge is 2.37. The zero-order valence-electron chi connectivity index (χ0n) is 13.5. The van der Waals surface area contributed by atoms with E-state index in [1.807, 2.05) is 24.3 Å². The van der Waals surface area contributed by atoms with Crippen LogP contribution in [-0.2, 0) is 13.9 Å². The van der Waals surface area contributed by atoms with Crippen LogP contribution in [0.1, 0.15) is 29.8 Å². The average molecular weight is 359 g/mol. The van der Waals surface area contributed by atoms with Gasteiger partial charge in [0.15, 0.2) is 6.10 Å². The maximum Gasteiger partial charge on any atom is 0.338 e. The number of para-hydroxylation sites is 1. The number of aromatic nitrogens is 1. The van der Waals surface area contributed by atoms with Crippen molar-refractivity contribution in [2.24, 2.45) is 0 Å². The predicted octanol–water partition coefficient (Wildman–Crippen LogP) is 4.26. The second kappa shape index (κ2) is 6.84. The summed E-state index contributed by atoms with van der Waals surface area (Å²) < 4.78 is 18.0. The third-order valence-electron chi connectivity index (χ3n) is 4.14. The quantitative estimate of drug-likeness (QED) is 0.571. The van der Waals surface area contributed by atoms with Crippen LogP contribution in [0.25, 0.3) is 10.9 Å². The fourth-order valence-corrected chi connectivity index (χ4v) is 4.00. The fraction of sp³-hybridized carbons (Fsp3) is 0.167. The van der Waals surface area contributed by atoms with Crippen molar-refractivity contribution < 1.29 is 23.9 Å². The molecule has 0 saturated heterocycles. The molecule has 0 aliphatic rings. The van der Waals surface area contributed by atoms with Crippen molar-refractivity contribution in [3.8, 4) is 0 Å². The van der Waals surface area contributed by atoms with Gasteiger partial charge in [-0.3, -0.25) is 9.09 Å². The number of H-pyrrole nitrogens is 1. The van der Waals surface area contributed by atoms with Crippen molar-refractivity contribution >= 4 is 24.5 Å². The standard InChI is InChI=1S/C18H18NO5P/c1-12(15-11-19-16-10-6-5-9-14(15)16)25(22,23)24-17(18(20)21)13-7-3-2-4-8-13/h2-12,17,19H,1H3,(H,20,21)(H,22,23). The second-order valence-corrected chi connectivity index (χ2v) is 7.88. The van der Waals surface area contributed by atoms with Crippen LogP contribution in [0.5, 0.6) is 0 Å². The van der Waals surface area contributed by atoms with Crippen LogP contribution >= 0.6 is 7.60 Å². The van der Waals surface area contributed by atoms with E-state index in [9.17, 15) is 19.4 Å². The van der Waals surface area contributed by atoms with E-state index < -0.39 is 25.3 Å². The Labute approximate surface area is 144 Å². The van der Waals surface area contributed by atoms with Crippen LogP contribution in [0.2, 0.25) is 0 Å². The van der Waals surface area contributed by atoms with Gasteiger partial charge in [-0.05, 0) is 24.1 Å². The van der Waals surface area contributed by atoms with Gasteiger partial charge < -0.3 is 15.0 Å². The summed E-state index contributed by atoms with van der Waals surface area (Å²) in [5, 5.41) is 10.2. The molecule has 0 spiro atoms. The lowest BCUT2D eigenvalue weighted by Crippen LogP contribution is -2.15. The second-order valence-electron chi connectivity index (χ2n) is 5.76. The summed E-state index contributed by atoms with van der Waals surface area (Å²) in [6.07, 6.45) is 0.143. The predicted molar refractivity (Wildman–Crippen MR) is 94.4 cm³/mol. The molecule has 0 bridgehead atoms. The number of carbonyl (C=O) groups is 1. The number of aromatic amines is 1. The monoisotopic (exact) mass is 359 g/mol. The first kappa shape index (κ1) is 17.4. The first-order valence-corrected chi connectivity index (χ1v) is 9.39. The minimum absolute atomic E-state index is 0.315. The van der Waals surface area contributed by atoms with Gasteiger partial charge in [0.25, 0.3) is 0 Å². The lowest BCUT2D eigenvalue weighted by Gasteiger charge is -2.23. The highest BCUT2D eigenvalue weighted by Crippen LogP contribution is 2.59. The minimum Gasteiger partial charge on any atom is -0.479 e. The summed E-state index contributed by atoms with van der Waals surface area (Å²) in [4.78, 5) is 25.0. The molecule has 3 N–H and O–H groups in total. The van der Waals surface area contributed by atoms with Crippen molar-refractivity contribution in [1.29, 1.82) is 0 Å². The van der Waals surface area contributed by atoms with Crippen LogP contribution < -0.4 is 0 Å². The molecule has 1 heterocycles. The normalized spacial score (nSPS) is 16.2. The number of aliphatic carboxylic acids is 1. The molecular weight excluding hydrogens is 341 g/mol. The van der Waals surface area contributed by atoms with E-state index in [4.69, 9.17) is 4.52 Å². The topological polar surface area (TPSA) is 99.6 Å². The van der Waals surface area contributed by atoms with Crippen molar-refractivity contribution in [2.75, 3.05) is 0 Å². The number of nitrogens with one attached hydrogen (secondary N) is 1. The van der Waals surface area contributed by atoms with Gasteiger partial charge in [0, 0.05) is 17.1 Å². The smallest absolute Gasteiger partial charge is 0.338 e. The summed E-state index contributed by atoms with van der Waals surface area (Å²) >= 11 is 0. The highest BCUT2D eigenvalue weighted by atomic mass is 31.2. The molecule has 130 valence electrons. The van der Waals surface area contributed by atoms with Crippen LogP contribution in [0.15, 0.2) is 60.8 Å². The maximum absolute atomic E-state index is 12.8. The summed E-state index contributed by atoms with van der Waals surface area (Å²) in [7, 11) is -4.25. The van der Waals surface area contributed by atoms with Gasteiger partial charge in [-0.25, -0.2) is 4.79 Å². The molecule has 25 heavy (non-hydrogen) atoms. The fourth-order valence-electron chi connectivity index (χ4n) is 2.73. The van der Waals surface area contributed by atoms with Gasteiger partial charge in [0.2, 0.25) is 0 Å². The van der Waals surface area contributed by atoms with E-state index in [0.29, 0.717) is 11.1 Å². The maximum atomic E-state index is 12.8. The SMILES string of the molecule is CC(c1c[nH]c2ccccc12)P(=O)(O)OC(C(=O)O)c1ccccc1. The van der Waals surface area contributed by atoms with Crippen LogP contribution in [0, 0.1) is 0 Å². The zero-order chi connectivity index (χ0) is 18.0. The number of rotatable bonds is 6. The third-order valence-corrected chi connectivity index (χ3v) is 5.91. The number of hydrogen-bond donors (Lipinski definition) is 3. The molecule has 0 aliphatic carbocycles. The van der Waals surface area contributed by atoms with Crippen LogP contribution in [-0.4, -0.2) is 21.0 Å². The van der Waals surface area contributed by atoms with Gasteiger partial charge >= 0.3 is 13.6 Å². The van der Waals surface area contributed by atoms with Crippen LogP contribution in [0.4, 0.5) is 0 Å². The number of benzene rings is 2. The van der Waals surface area contributed by atoms with Crippen molar-refractivity contribution in [1.82, 2.24) is 4.98 Å². The summed E-state index contributed by atoms with van der Waals surface area (Å²) in [6.45, 7) is 1.56. The van der Waals surface area contributed by atoms with Crippen molar-refractivity contribution in [3.05, 3.63) is 71.9 Å². The highest BCUT2D eigenvalue weighted by molar-refractivity contribution is 7.53. The Kier molecular flexibility index (Phi) is 4.77. The van der Waals surface area contributed by atoms with E-state index in [-0.39, 0.29) is 0 Å². The molecule has 6 nitrogen and oxygen atoms in total. The molecule has 0 amide bonds. The Morgan fingerprint density at radius 1 is 1.12 bits per heavy atom. The Hall–Kier alpha value is -2.40. The molecule has 1 aromatic heterocycles. The van der Waals surface area contributed by atoms with E-state index in [1.54, 1.807) is 43.5 Å². The summed E-state index contributed by atoms with van der Waals surface area (Å²) in [6, 6.07) is 15.5. The Balaban J connectivity index is 1.92. The molecule has 0 fully saturated rings. The minimum atomic E-state index is -4.25. The number of hydrogen-bond acceptors (Lipinski definition) is 3. The lowest BCUT2D eigenvalue weighted by atomic mass is 10.1. The summed E-state index contributed by atoms with van der Waals surface area (Å²) in [5.74, 6) is -1.31. The Morgan fingerprint density at radius 2 is 1.76 bits per heavy atom. The average Bonchev–Trinajstić information content (AvgIpc) is 3.03. The van der Waals surface area contributed by atoms with Gasteiger partial charge in [-0.15, -0.1) is 0 Å². The van der Waals surface area contributed by atoms with Crippen LogP contribution in [0.3, 0.4) is 0 Å². The Morgan fingerprint density at radius 3 is 2.44 bits per heavy atom. The molecule has 7 heteroatoms. The largest absolute Gasteiger partial charge is 0.479 e. The first-order chi connectivity index (χ1) is 11.9. The molecular formula is C18H18NO5P. The molecule has 3 aromatic rings. The van der Waals surface area contributed by atoms with E-state index >= 15 is 0 Å². The molecule has 3 atom stereocenters.